The highest BCUT2D eigenvalue weighted by molar-refractivity contribution is 7.80. The topological polar surface area (TPSA) is 42.1 Å². The Morgan fingerprint density at radius 2 is 1.90 bits per heavy atom. The third-order valence-electron chi connectivity index (χ3n) is 4.41. The Bertz CT molecular complexity index is 683. The molecule has 0 unspecified atom stereocenters. The maximum Gasteiger partial charge on any atom is 0.129 e. The highest BCUT2D eigenvalue weighted by Gasteiger charge is 2.26. The molecule has 0 atom stereocenters. The molecule has 2 aromatic rings. The van der Waals surface area contributed by atoms with Gasteiger partial charge >= 0.3 is 0 Å². The Labute approximate surface area is 131 Å². The van der Waals surface area contributed by atoms with Gasteiger partial charge < -0.3 is 10.6 Å². The van der Waals surface area contributed by atoms with Crippen molar-refractivity contribution in [1.82, 2.24) is 4.98 Å². The lowest BCUT2D eigenvalue weighted by atomic mass is 9.83. The van der Waals surface area contributed by atoms with Crippen LogP contribution in [0, 0.1) is 5.41 Å². The van der Waals surface area contributed by atoms with E-state index in [0.717, 1.165) is 35.4 Å². The van der Waals surface area contributed by atoms with Crippen molar-refractivity contribution >= 4 is 33.9 Å². The average molecular weight is 299 g/mol. The van der Waals surface area contributed by atoms with E-state index in [1.165, 1.54) is 12.8 Å². The molecule has 0 spiro atoms. The summed E-state index contributed by atoms with van der Waals surface area (Å²) in [7, 11) is 0. The van der Waals surface area contributed by atoms with Crippen molar-refractivity contribution in [3.63, 3.8) is 0 Å². The van der Waals surface area contributed by atoms with Crippen LogP contribution in [0.5, 0.6) is 0 Å². The summed E-state index contributed by atoms with van der Waals surface area (Å²) in [6, 6.07) is 10.1. The Balaban J connectivity index is 2.02. The van der Waals surface area contributed by atoms with Crippen LogP contribution in [0.15, 0.2) is 30.3 Å². The molecular weight excluding hydrogens is 278 g/mol. The lowest BCUT2D eigenvalue weighted by molar-refractivity contribution is 0.279. The Morgan fingerprint density at radius 1 is 1.24 bits per heavy atom. The van der Waals surface area contributed by atoms with Gasteiger partial charge in [0.2, 0.25) is 0 Å². The van der Waals surface area contributed by atoms with Crippen LogP contribution in [0.2, 0.25) is 0 Å². The molecule has 0 amide bonds. The minimum absolute atomic E-state index is 0.430. The smallest absolute Gasteiger partial charge is 0.129 e. The first-order chi connectivity index (χ1) is 9.96. The number of nitrogens with zero attached hydrogens (tertiary/aromatic N) is 2. The van der Waals surface area contributed by atoms with Crippen LogP contribution in [-0.4, -0.2) is 23.1 Å². The van der Waals surface area contributed by atoms with Gasteiger partial charge in [0.15, 0.2) is 0 Å². The number of rotatable bonds is 2. The molecule has 21 heavy (non-hydrogen) atoms. The first kappa shape index (κ1) is 14.3. The van der Waals surface area contributed by atoms with E-state index in [1.807, 2.05) is 30.3 Å². The standard InChI is InChI=1S/C17H21N3S/c1-17(2)7-9-20(10-8-17)15-11-13(16(18)21)12-5-3-4-6-14(12)19-15/h3-6,11H,7-10H2,1-2H3,(H2,18,21). The molecule has 4 heteroatoms. The molecular formula is C17H21N3S. The monoisotopic (exact) mass is 299 g/mol. The largest absolute Gasteiger partial charge is 0.389 e. The molecule has 2 N–H and O–H groups in total. The zero-order valence-electron chi connectivity index (χ0n) is 12.6. The van der Waals surface area contributed by atoms with Crippen molar-refractivity contribution in [1.29, 1.82) is 0 Å². The molecule has 0 aliphatic carbocycles. The van der Waals surface area contributed by atoms with Crippen molar-refractivity contribution in [2.45, 2.75) is 26.7 Å². The van der Waals surface area contributed by atoms with Gasteiger partial charge in [0.1, 0.15) is 10.8 Å². The molecule has 2 heterocycles. The number of piperidine rings is 1. The van der Waals surface area contributed by atoms with Crippen molar-refractivity contribution in [2.24, 2.45) is 11.1 Å². The van der Waals surface area contributed by atoms with Gasteiger partial charge in [-0.05, 0) is 30.4 Å². The van der Waals surface area contributed by atoms with Gasteiger partial charge in [0.05, 0.1) is 5.52 Å². The van der Waals surface area contributed by atoms with Gasteiger partial charge in [0.25, 0.3) is 0 Å². The molecule has 0 radical (unpaired) electrons. The van der Waals surface area contributed by atoms with Gasteiger partial charge in [-0.3, -0.25) is 0 Å². The van der Waals surface area contributed by atoms with Crippen LogP contribution >= 0.6 is 12.2 Å². The number of aromatic nitrogens is 1. The van der Waals surface area contributed by atoms with Gasteiger partial charge in [-0.25, -0.2) is 4.98 Å². The van der Waals surface area contributed by atoms with Gasteiger partial charge in [-0.1, -0.05) is 44.3 Å². The summed E-state index contributed by atoms with van der Waals surface area (Å²) in [5.41, 5.74) is 8.22. The lowest BCUT2D eigenvalue weighted by Gasteiger charge is -2.37. The lowest BCUT2D eigenvalue weighted by Crippen LogP contribution is -2.37. The second kappa shape index (κ2) is 5.26. The fraction of sp³-hybridized carbons (Fsp3) is 0.412. The first-order valence-corrected chi connectivity index (χ1v) is 7.82. The van der Waals surface area contributed by atoms with Crippen molar-refractivity contribution in [3.05, 3.63) is 35.9 Å². The van der Waals surface area contributed by atoms with E-state index in [-0.39, 0.29) is 0 Å². The third-order valence-corrected chi connectivity index (χ3v) is 4.63. The average Bonchev–Trinajstić information content (AvgIpc) is 2.46. The minimum Gasteiger partial charge on any atom is -0.389 e. The molecule has 1 aromatic heterocycles. The van der Waals surface area contributed by atoms with Crippen LogP contribution in [0.3, 0.4) is 0 Å². The van der Waals surface area contributed by atoms with E-state index in [1.54, 1.807) is 0 Å². The van der Waals surface area contributed by atoms with E-state index >= 15 is 0 Å². The molecule has 3 rings (SSSR count). The predicted molar refractivity (Wildman–Crippen MR) is 92.9 cm³/mol. The highest BCUT2D eigenvalue weighted by Crippen LogP contribution is 2.32. The van der Waals surface area contributed by atoms with Crippen LogP contribution in [0.1, 0.15) is 32.3 Å². The van der Waals surface area contributed by atoms with Crippen LogP contribution in [0.25, 0.3) is 10.9 Å². The van der Waals surface area contributed by atoms with Crippen LogP contribution in [-0.2, 0) is 0 Å². The fourth-order valence-corrected chi connectivity index (χ4v) is 3.04. The van der Waals surface area contributed by atoms with E-state index in [4.69, 9.17) is 22.9 Å². The number of pyridine rings is 1. The maximum absolute atomic E-state index is 5.91. The highest BCUT2D eigenvalue weighted by atomic mass is 32.1. The Hall–Kier alpha value is -1.68. The maximum atomic E-state index is 5.91. The quantitative estimate of drug-likeness (QED) is 0.862. The number of hydrogen-bond acceptors (Lipinski definition) is 3. The molecule has 1 aliphatic rings. The summed E-state index contributed by atoms with van der Waals surface area (Å²) in [4.78, 5) is 7.58. The summed E-state index contributed by atoms with van der Waals surface area (Å²) >= 11 is 5.22. The molecule has 1 saturated heterocycles. The van der Waals surface area contributed by atoms with Gasteiger partial charge in [-0.2, -0.15) is 0 Å². The minimum atomic E-state index is 0.430. The molecule has 1 aliphatic heterocycles. The van der Waals surface area contributed by atoms with E-state index in [0.29, 0.717) is 10.4 Å². The van der Waals surface area contributed by atoms with Gasteiger partial charge in [0, 0.05) is 24.0 Å². The summed E-state index contributed by atoms with van der Waals surface area (Å²) in [5, 5.41) is 1.03. The third kappa shape index (κ3) is 2.86. The number of thiocarbonyl (C=S) groups is 1. The normalized spacial score (nSPS) is 17.9. The summed E-state index contributed by atoms with van der Waals surface area (Å²) in [6.07, 6.45) is 2.37. The van der Waals surface area contributed by atoms with Crippen LogP contribution < -0.4 is 10.6 Å². The van der Waals surface area contributed by atoms with Crippen molar-refractivity contribution in [2.75, 3.05) is 18.0 Å². The Morgan fingerprint density at radius 3 is 2.57 bits per heavy atom. The summed E-state index contributed by atoms with van der Waals surface area (Å²) in [6.45, 7) is 6.74. The van der Waals surface area contributed by atoms with Crippen molar-refractivity contribution < 1.29 is 0 Å². The molecule has 0 saturated carbocycles. The van der Waals surface area contributed by atoms with E-state index in [9.17, 15) is 0 Å². The molecule has 3 nitrogen and oxygen atoms in total. The Kier molecular flexibility index (Phi) is 3.57. The molecule has 110 valence electrons. The zero-order valence-corrected chi connectivity index (χ0v) is 13.4. The number of nitrogens with two attached hydrogens (primary N) is 1. The van der Waals surface area contributed by atoms with Crippen LogP contribution in [0.4, 0.5) is 5.82 Å². The summed E-state index contributed by atoms with van der Waals surface area (Å²) in [5.74, 6) is 0.993. The second-order valence-corrected chi connectivity index (χ2v) is 7.00. The fourth-order valence-electron chi connectivity index (χ4n) is 2.87. The number of benzene rings is 1. The number of para-hydroxylation sites is 1. The molecule has 0 bridgehead atoms. The van der Waals surface area contributed by atoms with E-state index in [2.05, 4.69) is 18.7 Å². The van der Waals surface area contributed by atoms with Gasteiger partial charge in [-0.15, -0.1) is 0 Å². The SMILES string of the molecule is CC1(C)CCN(c2cc(C(N)=S)c3ccccc3n2)CC1. The number of anilines is 1. The second-order valence-electron chi connectivity index (χ2n) is 6.56. The number of hydrogen-bond donors (Lipinski definition) is 1. The predicted octanol–water partition coefficient (Wildman–Crippen LogP) is 3.50. The van der Waals surface area contributed by atoms with E-state index < -0.39 is 0 Å². The first-order valence-electron chi connectivity index (χ1n) is 7.41. The zero-order chi connectivity index (χ0) is 15.0. The number of fused-ring (bicyclic) bond motifs is 1. The summed E-state index contributed by atoms with van der Waals surface area (Å²) < 4.78 is 0. The molecule has 1 fully saturated rings. The molecule has 1 aromatic carbocycles. The van der Waals surface area contributed by atoms with Crippen molar-refractivity contribution in [3.8, 4) is 0 Å².